The van der Waals surface area contributed by atoms with Crippen LogP contribution in [-0.4, -0.2) is 47.8 Å². The molecule has 3 N–H and O–H groups in total. The first kappa shape index (κ1) is 25.9. The van der Waals surface area contributed by atoms with Crippen molar-refractivity contribution in [3.05, 3.63) is 66.6 Å². The van der Waals surface area contributed by atoms with Crippen molar-refractivity contribution in [3.8, 4) is 22.9 Å². The molecule has 0 saturated carbocycles. The van der Waals surface area contributed by atoms with Crippen LogP contribution in [0, 0.1) is 6.92 Å². The van der Waals surface area contributed by atoms with Gasteiger partial charge in [0, 0.05) is 47.5 Å². The van der Waals surface area contributed by atoms with Crippen molar-refractivity contribution >= 4 is 32.3 Å². The zero-order valence-corrected chi connectivity index (χ0v) is 22.5. The minimum atomic E-state index is -3.52. The van der Waals surface area contributed by atoms with E-state index in [1.807, 2.05) is 43.3 Å². The summed E-state index contributed by atoms with van der Waals surface area (Å²) in [7, 11) is -3.52. The van der Waals surface area contributed by atoms with Crippen LogP contribution in [0.4, 0.5) is 11.5 Å². The molecule has 0 unspecified atom stereocenters. The Bertz CT molecular complexity index is 1550. The van der Waals surface area contributed by atoms with E-state index < -0.39 is 15.3 Å². The number of fused-ring (bicyclic) bond motifs is 1. The lowest BCUT2D eigenvalue weighted by molar-refractivity contribution is 0.464. The smallest absolute Gasteiger partial charge is 0.246 e. The lowest BCUT2D eigenvalue weighted by atomic mass is 10.0. The molecule has 1 saturated heterocycles. The molecule has 3 heterocycles. The molecule has 5 rings (SSSR count). The number of ether oxygens (including phenoxy) is 1. The number of rotatable bonds is 8. The molecule has 0 aliphatic carbocycles. The SMILES string of the molecule is Cc1cc(NS(=O)(=O)C(C)C)c2ccccc2c1Oc1nccnc1-c1ccnc(N[C@H]2CCCNC2)c1. The number of pyridine rings is 1. The number of sulfonamides is 1. The predicted octanol–water partition coefficient (Wildman–Crippen LogP) is 5.11. The quantitative estimate of drug-likeness (QED) is 0.287. The summed E-state index contributed by atoms with van der Waals surface area (Å²) in [5, 5.41) is 7.86. The molecular weight excluding hydrogens is 500 g/mol. The number of aryl methyl sites for hydroxylation is 1. The number of anilines is 2. The van der Waals surface area contributed by atoms with Crippen LogP contribution in [0.1, 0.15) is 32.3 Å². The Morgan fingerprint density at radius 2 is 1.82 bits per heavy atom. The summed E-state index contributed by atoms with van der Waals surface area (Å²) in [4.78, 5) is 13.6. The molecule has 2 aromatic carbocycles. The van der Waals surface area contributed by atoms with Gasteiger partial charge in [0.1, 0.15) is 17.3 Å². The minimum Gasteiger partial charge on any atom is -0.436 e. The maximum absolute atomic E-state index is 12.6. The average Bonchev–Trinajstić information content (AvgIpc) is 2.91. The summed E-state index contributed by atoms with van der Waals surface area (Å²) in [6, 6.07) is 13.5. The number of hydrogen-bond donors (Lipinski definition) is 3. The third-order valence-corrected chi connectivity index (χ3v) is 8.34. The molecule has 10 heteroatoms. The van der Waals surface area contributed by atoms with E-state index in [0.717, 1.165) is 53.6 Å². The molecule has 4 aromatic rings. The highest BCUT2D eigenvalue weighted by atomic mass is 32.2. The lowest BCUT2D eigenvalue weighted by Crippen LogP contribution is -2.38. The first-order valence-corrected chi connectivity index (χ1v) is 14.3. The van der Waals surface area contributed by atoms with Crippen LogP contribution < -0.4 is 20.1 Å². The fraction of sp³-hybridized carbons (Fsp3) is 0.321. The number of aromatic nitrogens is 3. The molecular formula is C28H32N6O3S. The minimum absolute atomic E-state index is 0.324. The van der Waals surface area contributed by atoms with E-state index in [2.05, 4.69) is 30.3 Å². The molecule has 9 nitrogen and oxygen atoms in total. The second-order valence-corrected chi connectivity index (χ2v) is 12.0. The third kappa shape index (κ3) is 5.56. The van der Waals surface area contributed by atoms with Gasteiger partial charge in [-0.1, -0.05) is 24.3 Å². The summed E-state index contributed by atoms with van der Waals surface area (Å²) >= 11 is 0. The predicted molar refractivity (Wildman–Crippen MR) is 151 cm³/mol. The largest absolute Gasteiger partial charge is 0.436 e. The van der Waals surface area contributed by atoms with E-state index in [1.165, 1.54) is 0 Å². The Morgan fingerprint density at radius 3 is 2.58 bits per heavy atom. The molecule has 1 atom stereocenters. The number of hydrogen-bond acceptors (Lipinski definition) is 8. The Kier molecular flexibility index (Phi) is 7.44. The van der Waals surface area contributed by atoms with E-state index >= 15 is 0 Å². The topological polar surface area (TPSA) is 118 Å². The van der Waals surface area contributed by atoms with Crippen LogP contribution in [0.2, 0.25) is 0 Å². The summed E-state index contributed by atoms with van der Waals surface area (Å²) in [6.45, 7) is 7.14. The van der Waals surface area contributed by atoms with Gasteiger partial charge in [0.25, 0.3) is 0 Å². The van der Waals surface area contributed by atoms with Crippen molar-refractivity contribution in [2.45, 2.75) is 44.9 Å². The normalized spacial score (nSPS) is 15.9. The highest BCUT2D eigenvalue weighted by Gasteiger charge is 2.21. The third-order valence-electron chi connectivity index (χ3n) is 6.60. The number of piperidine rings is 1. The molecule has 2 aromatic heterocycles. The van der Waals surface area contributed by atoms with Gasteiger partial charge in [0.05, 0.1) is 10.9 Å². The Morgan fingerprint density at radius 1 is 1.03 bits per heavy atom. The fourth-order valence-corrected chi connectivity index (χ4v) is 5.23. The average molecular weight is 533 g/mol. The zero-order valence-electron chi connectivity index (χ0n) is 21.7. The van der Waals surface area contributed by atoms with Crippen LogP contribution in [-0.2, 0) is 10.0 Å². The maximum Gasteiger partial charge on any atom is 0.246 e. The molecule has 0 radical (unpaired) electrons. The molecule has 1 aliphatic rings. The highest BCUT2D eigenvalue weighted by Crippen LogP contribution is 2.39. The van der Waals surface area contributed by atoms with Crippen molar-refractivity contribution in [2.24, 2.45) is 0 Å². The molecule has 0 bridgehead atoms. The molecule has 1 aliphatic heterocycles. The zero-order chi connectivity index (χ0) is 26.7. The van der Waals surface area contributed by atoms with Crippen molar-refractivity contribution in [3.63, 3.8) is 0 Å². The van der Waals surface area contributed by atoms with Gasteiger partial charge >= 0.3 is 0 Å². The fourth-order valence-electron chi connectivity index (χ4n) is 4.51. The van der Waals surface area contributed by atoms with Crippen molar-refractivity contribution in [1.29, 1.82) is 0 Å². The van der Waals surface area contributed by atoms with E-state index in [9.17, 15) is 8.42 Å². The first-order chi connectivity index (χ1) is 18.3. The molecule has 0 amide bonds. The first-order valence-electron chi connectivity index (χ1n) is 12.8. The summed E-state index contributed by atoms with van der Waals surface area (Å²) in [5.41, 5.74) is 2.70. The van der Waals surface area contributed by atoms with Crippen LogP contribution in [0.3, 0.4) is 0 Å². The Hall–Kier alpha value is -3.76. The van der Waals surface area contributed by atoms with E-state index in [1.54, 1.807) is 38.5 Å². The summed E-state index contributed by atoms with van der Waals surface area (Å²) in [6.07, 6.45) is 7.20. The van der Waals surface area contributed by atoms with Gasteiger partial charge < -0.3 is 15.4 Å². The van der Waals surface area contributed by atoms with Crippen molar-refractivity contribution < 1.29 is 13.2 Å². The van der Waals surface area contributed by atoms with Crippen molar-refractivity contribution in [2.75, 3.05) is 23.1 Å². The van der Waals surface area contributed by atoms with Crippen LogP contribution in [0.5, 0.6) is 11.6 Å². The lowest BCUT2D eigenvalue weighted by Gasteiger charge is -2.24. The van der Waals surface area contributed by atoms with Gasteiger partial charge in [0.2, 0.25) is 15.9 Å². The van der Waals surface area contributed by atoms with Gasteiger partial charge in [-0.25, -0.2) is 23.4 Å². The highest BCUT2D eigenvalue weighted by molar-refractivity contribution is 7.93. The molecule has 38 heavy (non-hydrogen) atoms. The number of nitrogens with zero attached hydrogens (tertiary/aromatic N) is 3. The second-order valence-electron chi connectivity index (χ2n) is 9.74. The van der Waals surface area contributed by atoms with Crippen LogP contribution in [0.25, 0.3) is 22.0 Å². The van der Waals surface area contributed by atoms with Gasteiger partial charge in [0.15, 0.2) is 0 Å². The second kappa shape index (κ2) is 10.9. The molecule has 1 fully saturated rings. The van der Waals surface area contributed by atoms with E-state index in [4.69, 9.17) is 4.74 Å². The van der Waals surface area contributed by atoms with E-state index in [0.29, 0.717) is 29.1 Å². The van der Waals surface area contributed by atoms with Crippen LogP contribution >= 0.6 is 0 Å². The molecule has 198 valence electrons. The van der Waals surface area contributed by atoms with Crippen LogP contribution in [0.15, 0.2) is 61.1 Å². The van der Waals surface area contributed by atoms with Gasteiger partial charge in [-0.3, -0.25) is 4.72 Å². The van der Waals surface area contributed by atoms with Gasteiger partial charge in [-0.2, -0.15) is 0 Å². The van der Waals surface area contributed by atoms with Crippen molar-refractivity contribution in [1.82, 2.24) is 20.3 Å². The Labute approximate surface area is 223 Å². The number of nitrogens with one attached hydrogen (secondary N) is 3. The summed E-state index contributed by atoms with van der Waals surface area (Å²) < 4.78 is 34.4. The standard InChI is InChI=1S/C28H32N6O3S/c1-18(2)38(35,36)34-24-15-19(3)27(23-9-5-4-8-22(23)24)37-28-26(31-13-14-32-28)20-10-12-30-25(16-20)33-21-7-6-11-29-17-21/h4-5,8-10,12-16,18,21,29,34H,6-7,11,17H2,1-3H3,(H,30,33)/t21-/m0/s1. The summed E-state index contributed by atoms with van der Waals surface area (Å²) in [5.74, 6) is 1.72. The Balaban J connectivity index is 1.50. The van der Waals surface area contributed by atoms with Gasteiger partial charge in [-0.05, 0) is 63.9 Å². The van der Waals surface area contributed by atoms with Gasteiger partial charge in [-0.15, -0.1) is 0 Å². The monoisotopic (exact) mass is 532 g/mol. The maximum atomic E-state index is 12.6. The van der Waals surface area contributed by atoms with E-state index in [-0.39, 0.29) is 0 Å². The molecule has 0 spiro atoms. The number of benzene rings is 2.